The van der Waals surface area contributed by atoms with E-state index in [1.807, 2.05) is 36.4 Å². The monoisotopic (exact) mass is 519 g/mol. The molecule has 3 aromatic carbocycles. The third kappa shape index (κ3) is 6.63. The Hall–Kier alpha value is -3.51. The number of nitrogens with zero attached hydrogens (tertiary/aromatic N) is 1. The molecule has 1 saturated heterocycles. The highest BCUT2D eigenvalue weighted by molar-refractivity contribution is 7.88. The topological polar surface area (TPSA) is 86.7 Å². The van der Waals surface area contributed by atoms with Crippen molar-refractivity contribution in [2.24, 2.45) is 5.92 Å². The van der Waals surface area contributed by atoms with Crippen LogP contribution in [0.25, 0.3) is 0 Å². The molecule has 0 spiro atoms. The van der Waals surface area contributed by atoms with Crippen molar-refractivity contribution in [2.75, 3.05) is 17.7 Å². The molecule has 2 N–H and O–H groups in total. The molecule has 4 rings (SSSR count). The van der Waals surface area contributed by atoms with E-state index in [-0.39, 0.29) is 30.2 Å². The number of benzene rings is 3. The summed E-state index contributed by atoms with van der Waals surface area (Å²) in [5.41, 5.74) is 3.89. The van der Waals surface area contributed by atoms with Crippen molar-refractivity contribution in [3.05, 3.63) is 108 Å². The number of amides is 1. The van der Waals surface area contributed by atoms with Crippen LogP contribution in [-0.2, 0) is 14.8 Å². The predicted octanol–water partition coefficient (Wildman–Crippen LogP) is 4.13. The first-order valence-electron chi connectivity index (χ1n) is 11.8. The number of carbonyl (C=O) groups excluding carboxylic acids is 1. The Labute approximate surface area is 217 Å². The maximum absolute atomic E-state index is 13.3. The summed E-state index contributed by atoms with van der Waals surface area (Å²) < 4.78 is 37.8. The molecule has 191 valence electrons. The van der Waals surface area contributed by atoms with Crippen molar-refractivity contribution in [3.63, 3.8) is 0 Å². The van der Waals surface area contributed by atoms with Crippen LogP contribution in [0.15, 0.2) is 72.8 Å². The second kappa shape index (κ2) is 11.3. The summed E-state index contributed by atoms with van der Waals surface area (Å²) in [4.78, 5) is 15.0. The maximum Gasteiger partial charge on any atom is 0.233 e. The van der Waals surface area contributed by atoms with E-state index in [1.165, 1.54) is 12.1 Å². The van der Waals surface area contributed by atoms with Crippen LogP contribution in [0.4, 0.5) is 10.1 Å². The van der Waals surface area contributed by atoms with Crippen LogP contribution in [0, 0.1) is 30.5 Å². The molecular formula is C29H28FN2O4S. The standard InChI is InChI=1S/C29H28FN2O4S/c1-20-5-9-23(10-6-20)28-26(17-18-27(33)22-11-13-24(30)14-12-22)29(34)32(28)25-15-7-21(8-16-25)4-3-19-31-37(2,35)36/h5-16,26-28,31,33H,1,17-19H2,2H3/t26-,27+,28-/m1/s1. The molecule has 8 heteroatoms. The number of sulfonamides is 1. The van der Waals surface area contributed by atoms with Gasteiger partial charge in [0.05, 0.1) is 30.9 Å². The third-order valence-electron chi connectivity index (χ3n) is 6.34. The van der Waals surface area contributed by atoms with Gasteiger partial charge in [0, 0.05) is 11.3 Å². The fraction of sp³-hybridized carbons (Fsp3) is 0.241. The van der Waals surface area contributed by atoms with Gasteiger partial charge in [-0.05, 0) is 72.9 Å². The van der Waals surface area contributed by atoms with Crippen LogP contribution in [0.2, 0.25) is 0 Å². The van der Waals surface area contributed by atoms with E-state index in [0.717, 1.165) is 23.1 Å². The number of anilines is 1. The number of rotatable bonds is 8. The van der Waals surface area contributed by atoms with Crippen LogP contribution in [0.5, 0.6) is 0 Å². The lowest BCUT2D eigenvalue weighted by molar-refractivity contribution is -0.131. The van der Waals surface area contributed by atoms with Crippen molar-refractivity contribution in [1.82, 2.24) is 4.72 Å². The van der Waals surface area contributed by atoms with Gasteiger partial charge in [0.2, 0.25) is 15.9 Å². The Bertz CT molecular complexity index is 1410. The SMILES string of the molecule is [CH2]c1ccc([C@@H]2[C@@H](CC[C@H](O)c3ccc(F)cc3)C(=O)N2c2ccc(C#CCNS(C)(=O)=O)cc2)cc1. The number of hydrogen-bond donors (Lipinski definition) is 2. The van der Waals surface area contributed by atoms with E-state index in [0.29, 0.717) is 24.0 Å². The number of β-lactam (4-membered cyclic amide) rings is 1. The first-order valence-corrected chi connectivity index (χ1v) is 13.7. The lowest BCUT2D eigenvalue weighted by atomic mass is 9.78. The molecule has 1 radical (unpaired) electrons. The third-order valence-corrected chi connectivity index (χ3v) is 7.01. The first-order chi connectivity index (χ1) is 17.6. The van der Waals surface area contributed by atoms with Crippen LogP contribution in [0.1, 0.15) is 47.2 Å². The average Bonchev–Trinajstić information content (AvgIpc) is 2.86. The fourth-order valence-corrected chi connectivity index (χ4v) is 4.76. The zero-order chi connectivity index (χ0) is 26.6. The Balaban J connectivity index is 1.50. The molecule has 0 unspecified atom stereocenters. The van der Waals surface area contributed by atoms with E-state index >= 15 is 0 Å². The van der Waals surface area contributed by atoms with Gasteiger partial charge in [-0.3, -0.25) is 4.79 Å². The molecule has 1 heterocycles. The second-order valence-corrected chi connectivity index (χ2v) is 10.9. The molecule has 0 aromatic heterocycles. The highest BCUT2D eigenvalue weighted by Gasteiger charge is 2.48. The molecule has 0 saturated carbocycles. The summed E-state index contributed by atoms with van der Waals surface area (Å²) in [6.07, 6.45) is 1.13. The van der Waals surface area contributed by atoms with Crippen LogP contribution < -0.4 is 9.62 Å². The van der Waals surface area contributed by atoms with Crippen molar-refractivity contribution in [2.45, 2.75) is 25.0 Å². The molecule has 1 aliphatic rings. The highest BCUT2D eigenvalue weighted by Crippen LogP contribution is 2.46. The molecule has 37 heavy (non-hydrogen) atoms. The minimum atomic E-state index is -3.30. The Morgan fingerprint density at radius 1 is 1.05 bits per heavy atom. The minimum absolute atomic E-state index is 0.0149. The first kappa shape index (κ1) is 26.6. The number of nitrogens with one attached hydrogen (secondary N) is 1. The lowest BCUT2D eigenvalue weighted by Gasteiger charge is -2.48. The summed E-state index contributed by atoms with van der Waals surface area (Å²) in [7, 11) is -3.30. The van der Waals surface area contributed by atoms with Gasteiger partial charge in [-0.2, -0.15) is 0 Å². The van der Waals surface area contributed by atoms with Crippen molar-refractivity contribution < 1.29 is 22.7 Å². The Kier molecular flexibility index (Phi) is 8.08. The van der Waals surface area contributed by atoms with Crippen molar-refractivity contribution in [3.8, 4) is 11.8 Å². The van der Waals surface area contributed by atoms with Crippen molar-refractivity contribution in [1.29, 1.82) is 0 Å². The summed E-state index contributed by atoms with van der Waals surface area (Å²) in [6, 6.07) is 20.5. The number of aliphatic hydroxyl groups excluding tert-OH is 1. The zero-order valence-corrected chi connectivity index (χ0v) is 21.2. The summed E-state index contributed by atoms with van der Waals surface area (Å²) in [5, 5.41) is 10.6. The fourth-order valence-electron chi connectivity index (χ4n) is 4.42. The second-order valence-electron chi connectivity index (χ2n) is 9.09. The van der Waals surface area contributed by atoms with Crippen LogP contribution >= 0.6 is 0 Å². The molecule has 0 bridgehead atoms. The molecule has 3 aromatic rings. The molecule has 1 fully saturated rings. The Morgan fingerprint density at radius 3 is 2.32 bits per heavy atom. The van der Waals surface area contributed by atoms with Gasteiger partial charge in [-0.15, -0.1) is 0 Å². The van der Waals surface area contributed by atoms with E-state index < -0.39 is 16.1 Å². The van der Waals surface area contributed by atoms with Gasteiger partial charge in [0.15, 0.2) is 0 Å². The lowest BCUT2D eigenvalue weighted by Crippen LogP contribution is -2.55. The molecule has 0 aliphatic carbocycles. The van der Waals surface area contributed by atoms with Gasteiger partial charge in [-0.25, -0.2) is 17.5 Å². The normalized spacial score (nSPS) is 18.1. The molecular weight excluding hydrogens is 491 g/mol. The van der Waals surface area contributed by atoms with E-state index in [4.69, 9.17) is 0 Å². The van der Waals surface area contributed by atoms with Gasteiger partial charge in [0.25, 0.3) is 0 Å². The summed E-state index contributed by atoms with van der Waals surface area (Å²) in [5.74, 6) is 4.95. The van der Waals surface area contributed by atoms with Gasteiger partial charge in [0.1, 0.15) is 5.82 Å². The minimum Gasteiger partial charge on any atom is -0.388 e. The number of aliphatic hydroxyl groups is 1. The van der Waals surface area contributed by atoms with Gasteiger partial charge < -0.3 is 10.0 Å². The number of carbonyl (C=O) groups is 1. The number of halogens is 1. The molecule has 1 amide bonds. The maximum atomic E-state index is 13.3. The van der Waals surface area contributed by atoms with E-state index in [1.54, 1.807) is 29.2 Å². The quantitative estimate of drug-likeness (QED) is 0.346. The summed E-state index contributed by atoms with van der Waals surface area (Å²) in [6.45, 7) is 3.95. The Morgan fingerprint density at radius 2 is 1.70 bits per heavy atom. The van der Waals surface area contributed by atoms with Crippen LogP contribution in [-0.4, -0.2) is 32.2 Å². The summed E-state index contributed by atoms with van der Waals surface area (Å²) >= 11 is 0. The molecule has 6 nitrogen and oxygen atoms in total. The average molecular weight is 520 g/mol. The largest absolute Gasteiger partial charge is 0.388 e. The smallest absolute Gasteiger partial charge is 0.233 e. The molecule has 3 atom stereocenters. The van der Waals surface area contributed by atoms with Crippen LogP contribution in [0.3, 0.4) is 0 Å². The van der Waals surface area contributed by atoms with Gasteiger partial charge in [-0.1, -0.05) is 48.2 Å². The highest BCUT2D eigenvalue weighted by atomic mass is 32.2. The number of hydrogen-bond acceptors (Lipinski definition) is 4. The van der Waals surface area contributed by atoms with E-state index in [2.05, 4.69) is 23.5 Å². The predicted molar refractivity (Wildman–Crippen MR) is 141 cm³/mol. The molecule has 1 aliphatic heterocycles. The zero-order valence-electron chi connectivity index (χ0n) is 20.4. The van der Waals surface area contributed by atoms with Crippen molar-refractivity contribution >= 4 is 21.6 Å². The van der Waals surface area contributed by atoms with Gasteiger partial charge >= 0.3 is 0 Å². The van der Waals surface area contributed by atoms with E-state index in [9.17, 15) is 22.7 Å².